The molecule has 0 bridgehead atoms. The van der Waals surface area contributed by atoms with Crippen molar-refractivity contribution in [2.45, 2.75) is 161 Å². The van der Waals surface area contributed by atoms with Gasteiger partial charge in [0.1, 0.15) is 19.8 Å². The van der Waals surface area contributed by atoms with Crippen LogP contribution in [0.5, 0.6) is 0 Å². The van der Waals surface area contributed by atoms with E-state index in [-0.39, 0.29) is 32.2 Å². The topological polar surface area (TPSA) is 129 Å². The van der Waals surface area contributed by atoms with Gasteiger partial charge in [-0.3, -0.25) is 18.6 Å². The number of phosphoric ester groups is 1. The molecule has 0 radical (unpaired) electrons. The number of carbonyl (C=O) groups excluding carboxylic acids is 2. The summed E-state index contributed by atoms with van der Waals surface area (Å²) >= 11 is 0. The van der Waals surface area contributed by atoms with Crippen molar-refractivity contribution in [3.8, 4) is 0 Å². The van der Waals surface area contributed by atoms with Crippen LogP contribution in [-0.4, -0.2) is 86.1 Å². The van der Waals surface area contributed by atoms with E-state index >= 15 is 0 Å². The van der Waals surface area contributed by atoms with E-state index in [4.69, 9.17) is 18.5 Å². The molecule has 0 spiro atoms. The van der Waals surface area contributed by atoms with E-state index in [2.05, 4.69) is 50.3 Å². The number of quaternary nitrogens is 1. The molecule has 10 nitrogen and oxygen atoms in total. The number of allylic oxidation sites excluding steroid dienone is 7. The molecule has 0 aromatic heterocycles. The lowest BCUT2D eigenvalue weighted by Crippen LogP contribution is -2.37. The Morgan fingerprint density at radius 1 is 0.660 bits per heavy atom. The van der Waals surface area contributed by atoms with Crippen molar-refractivity contribution in [2.75, 3.05) is 47.5 Å². The molecule has 0 rings (SSSR count). The summed E-state index contributed by atoms with van der Waals surface area (Å²) in [6, 6.07) is 0. The van der Waals surface area contributed by atoms with Gasteiger partial charge in [0.2, 0.25) is 0 Å². The number of aliphatic hydroxyl groups excluding tert-OH is 1. The molecule has 0 heterocycles. The number of ether oxygens (including phenoxy) is 2. The Bertz CT molecular complexity index is 1070. The van der Waals surface area contributed by atoms with Crippen molar-refractivity contribution in [3.05, 3.63) is 48.6 Å². The molecule has 0 aliphatic rings. The third-order valence-electron chi connectivity index (χ3n) is 8.42. The number of hydrogen-bond donors (Lipinski definition) is 2. The van der Waals surface area contributed by atoms with Gasteiger partial charge in [-0.2, -0.15) is 0 Å². The maximum Gasteiger partial charge on any atom is 0.472 e. The summed E-state index contributed by atoms with van der Waals surface area (Å²) in [5.41, 5.74) is 0. The molecule has 11 heteroatoms. The second-order valence-electron chi connectivity index (χ2n) is 14.9. The van der Waals surface area contributed by atoms with Gasteiger partial charge in [-0.1, -0.05) is 133 Å². The van der Waals surface area contributed by atoms with Crippen LogP contribution >= 0.6 is 7.82 Å². The molecule has 308 valence electrons. The highest BCUT2D eigenvalue weighted by Crippen LogP contribution is 2.43. The van der Waals surface area contributed by atoms with Gasteiger partial charge in [0.05, 0.1) is 33.9 Å². The van der Waals surface area contributed by atoms with Crippen molar-refractivity contribution < 1.29 is 47.2 Å². The number of esters is 2. The van der Waals surface area contributed by atoms with Crippen LogP contribution < -0.4 is 0 Å². The average Bonchev–Trinajstić information content (AvgIpc) is 3.09. The van der Waals surface area contributed by atoms with Gasteiger partial charge in [-0.15, -0.1) is 0 Å². The molecule has 0 fully saturated rings. The summed E-state index contributed by atoms with van der Waals surface area (Å²) in [7, 11) is 1.41. The molecular formula is C42H77NO9P+. The van der Waals surface area contributed by atoms with Crippen molar-refractivity contribution >= 4 is 19.8 Å². The second kappa shape index (κ2) is 34.4. The molecule has 0 amide bonds. The van der Waals surface area contributed by atoms with Gasteiger partial charge in [-0.25, -0.2) is 4.57 Å². The summed E-state index contributed by atoms with van der Waals surface area (Å²) in [5, 5.41) is 9.73. The van der Waals surface area contributed by atoms with Crippen LogP contribution in [0.2, 0.25) is 0 Å². The van der Waals surface area contributed by atoms with Gasteiger partial charge in [0.15, 0.2) is 6.10 Å². The fourth-order valence-corrected chi connectivity index (χ4v) is 5.94. The summed E-state index contributed by atoms with van der Waals surface area (Å²) in [5.74, 6) is -0.888. The Hall–Kier alpha value is -2.07. The van der Waals surface area contributed by atoms with Gasteiger partial charge < -0.3 is 24.0 Å². The van der Waals surface area contributed by atoms with E-state index in [1.807, 2.05) is 33.3 Å². The fourth-order valence-electron chi connectivity index (χ4n) is 5.20. The molecule has 2 N–H and O–H groups in total. The highest BCUT2D eigenvalue weighted by molar-refractivity contribution is 7.47. The largest absolute Gasteiger partial charge is 0.472 e. The van der Waals surface area contributed by atoms with Gasteiger partial charge in [0, 0.05) is 12.8 Å². The number of aliphatic hydroxyl groups is 1. The lowest BCUT2D eigenvalue weighted by molar-refractivity contribution is -0.870. The molecule has 0 saturated carbocycles. The highest BCUT2D eigenvalue weighted by Gasteiger charge is 2.27. The second-order valence-corrected chi connectivity index (χ2v) is 16.3. The normalized spacial score (nSPS) is 14.8. The Morgan fingerprint density at radius 3 is 1.75 bits per heavy atom. The zero-order valence-electron chi connectivity index (χ0n) is 34.1. The van der Waals surface area contributed by atoms with Crippen molar-refractivity contribution in [1.29, 1.82) is 0 Å². The summed E-state index contributed by atoms with van der Waals surface area (Å²) in [6.07, 6.45) is 35.1. The van der Waals surface area contributed by atoms with Crippen molar-refractivity contribution in [2.24, 2.45) is 0 Å². The molecule has 0 saturated heterocycles. The van der Waals surface area contributed by atoms with Crippen molar-refractivity contribution in [1.82, 2.24) is 0 Å². The smallest absolute Gasteiger partial charge is 0.462 e. The molecular weight excluding hydrogens is 693 g/mol. The van der Waals surface area contributed by atoms with Crippen LogP contribution in [-0.2, 0) is 32.7 Å². The number of hydrogen-bond acceptors (Lipinski definition) is 8. The molecule has 2 unspecified atom stereocenters. The first kappa shape index (κ1) is 50.9. The summed E-state index contributed by atoms with van der Waals surface area (Å²) < 4.78 is 34.1. The fraction of sp³-hybridized carbons (Fsp3) is 0.762. The molecule has 3 atom stereocenters. The van der Waals surface area contributed by atoms with Crippen LogP contribution in [0.15, 0.2) is 48.6 Å². The predicted octanol–water partition coefficient (Wildman–Crippen LogP) is 10.1. The molecule has 53 heavy (non-hydrogen) atoms. The van der Waals surface area contributed by atoms with Gasteiger partial charge >= 0.3 is 19.8 Å². The Morgan fingerprint density at radius 2 is 1.19 bits per heavy atom. The van der Waals surface area contributed by atoms with E-state index in [9.17, 15) is 24.2 Å². The minimum Gasteiger partial charge on any atom is -0.462 e. The third kappa shape index (κ3) is 38.0. The molecule has 0 aromatic carbocycles. The van der Waals surface area contributed by atoms with Crippen LogP contribution in [0, 0.1) is 0 Å². The van der Waals surface area contributed by atoms with E-state index in [0.29, 0.717) is 30.3 Å². The first-order valence-corrected chi connectivity index (χ1v) is 21.9. The van der Waals surface area contributed by atoms with Crippen LogP contribution in [0.4, 0.5) is 0 Å². The number of likely N-dealkylation sites (N-methyl/N-ethyl adjacent to an activating group) is 1. The zero-order valence-corrected chi connectivity index (χ0v) is 35.0. The maximum atomic E-state index is 12.6. The van der Waals surface area contributed by atoms with Crippen LogP contribution in [0.1, 0.15) is 149 Å². The van der Waals surface area contributed by atoms with E-state index in [0.717, 1.165) is 51.4 Å². The monoisotopic (exact) mass is 771 g/mol. The van der Waals surface area contributed by atoms with Crippen LogP contribution in [0.3, 0.4) is 0 Å². The minimum absolute atomic E-state index is 0.0141. The number of nitrogens with zero attached hydrogens (tertiary/aromatic N) is 1. The predicted molar refractivity (Wildman–Crippen MR) is 216 cm³/mol. The van der Waals surface area contributed by atoms with E-state index in [1.165, 1.54) is 51.4 Å². The Kier molecular flexibility index (Phi) is 33.1. The summed E-state index contributed by atoms with van der Waals surface area (Å²) in [4.78, 5) is 35.2. The van der Waals surface area contributed by atoms with Gasteiger partial charge in [-0.05, 0) is 51.4 Å². The minimum atomic E-state index is -4.39. The zero-order chi connectivity index (χ0) is 39.5. The third-order valence-corrected chi connectivity index (χ3v) is 9.40. The molecule has 0 aliphatic carbocycles. The SMILES string of the molecule is CCCCCCCCCCCCCC(=O)OC[C@H](COP(=O)(O)OCC[N+](C)(C)C)OC(=O)CCC/C=C\C/C=C\C/C=C\C/C=C\CC(O)CCC. The lowest BCUT2D eigenvalue weighted by atomic mass is 10.1. The van der Waals surface area contributed by atoms with Gasteiger partial charge in [0.25, 0.3) is 0 Å². The standard InChI is InChI=1S/C42H76NO9P/c1-6-8-9-10-11-12-16-20-23-26-29-33-41(45)49-37-40(38-51-53(47,48)50-36-35-43(3,4)5)52-42(46)34-30-27-24-21-18-15-13-14-17-19-22-25-28-32-39(44)31-7-2/h13,15,17,19,21,24-25,28,39-40,44H,6-12,14,16,18,20,22-23,26-27,29-38H2,1-5H3/p+1/b15-13-,19-17-,24-21-,28-25-/t39?,40-/m1/s1. The quantitative estimate of drug-likeness (QED) is 0.0210. The Labute approximate surface area is 323 Å². The van der Waals surface area contributed by atoms with E-state index < -0.39 is 32.5 Å². The lowest BCUT2D eigenvalue weighted by Gasteiger charge is -2.24. The number of rotatable bonds is 36. The van der Waals surface area contributed by atoms with Crippen molar-refractivity contribution in [3.63, 3.8) is 0 Å². The summed E-state index contributed by atoms with van der Waals surface area (Å²) in [6.45, 7) is 4.12. The first-order valence-electron chi connectivity index (χ1n) is 20.4. The first-order chi connectivity index (χ1) is 25.4. The number of carbonyl (C=O) groups is 2. The number of unbranched alkanes of at least 4 members (excludes halogenated alkanes) is 11. The van der Waals surface area contributed by atoms with E-state index in [1.54, 1.807) is 0 Å². The Balaban J connectivity index is 4.53. The molecule has 0 aromatic rings. The average molecular weight is 771 g/mol. The van der Waals surface area contributed by atoms with Crippen LogP contribution in [0.25, 0.3) is 0 Å². The maximum absolute atomic E-state index is 12.6. The highest BCUT2D eigenvalue weighted by atomic mass is 31.2. The number of phosphoric acid groups is 1. The molecule has 0 aliphatic heterocycles.